The summed E-state index contributed by atoms with van der Waals surface area (Å²) in [5.74, 6) is 2.08. The van der Waals surface area contributed by atoms with Crippen LogP contribution in [0.1, 0.15) is 58.4 Å². The molecule has 4 aliphatic rings. The van der Waals surface area contributed by atoms with Crippen molar-refractivity contribution in [2.75, 3.05) is 37.7 Å². The number of nitrogens with zero attached hydrogens (tertiary/aromatic N) is 6. The number of benzene rings is 2. The van der Waals surface area contributed by atoms with Gasteiger partial charge in [0.05, 0.1) is 17.6 Å². The van der Waals surface area contributed by atoms with E-state index in [-0.39, 0.29) is 66.1 Å². The van der Waals surface area contributed by atoms with Crippen LogP contribution in [-0.2, 0) is 4.74 Å². The van der Waals surface area contributed by atoms with Gasteiger partial charge in [-0.2, -0.15) is 8.78 Å². The van der Waals surface area contributed by atoms with E-state index in [1.807, 2.05) is 41.5 Å². The van der Waals surface area contributed by atoms with E-state index >= 15 is 8.78 Å². The van der Waals surface area contributed by atoms with Crippen LogP contribution in [0.15, 0.2) is 48.2 Å². The molecule has 53 heavy (non-hydrogen) atoms. The average Bonchev–Trinajstić information content (AvgIpc) is 3.76. The van der Waals surface area contributed by atoms with Gasteiger partial charge in [-0.1, -0.05) is 0 Å². The van der Waals surface area contributed by atoms with Gasteiger partial charge in [-0.25, -0.2) is 4.79 Å². The number of hydrogen-bond acceptors (Lipinski definition) is 8. The number of aromatic nitrogens is 3. The number of hydrogen-bond donors (Lipinski definition) is 0. The van der Waals surface area contributed by atoms with E-state index in [1.54, 1.807) is 18.2 Å². The number of rotatable bonds is 5. The van der Waals surface area contributed by atoms with E-state index in [0.717, 1.165) is 19.3 Å². The Hall–Kier alpha value is -4.04. The van der Waals surface area contributed by atoms with Crippen molar-refractivity contribution in [3.8, 4) is 26.7 Å². The summed E-state index contributed by atoms with van der Waals surface area (Å²) in [7, 11) is 0. The van der Waals surface area contributed by atoms with Gasteiger partial charge in [-0.3, -0.25) is 9.80 Å². The van der Waals surface area contributed by atoms with E-state index < -0.39 is 28.9 Å². The van der Waals surface area contributed by atoms with Gasteiger partial charge in [0.15, 0.2) is 0 Å². The zero-order valence-electron chi connectivity index (χ0n) is 29.7. The molecule has 9 nitrogen and oxygen atoms in total. The molecule has 2 aromatic carbocycles. The van der Waals surface area contributed by atoms with Crippen molar-refractivity contribution >= 4 is 59.4 Å². The van der Waals surface area contributed by atoms with Gasteiger partial charge in [0.25, 0.3) is 6.08 Å². The van der Waals surface area contributed by atoms with Crippen molar-refractivity contribution in [3.63, 3.8) is 0 Å². The molecule has 14 heteroatoms. The molecule has 2 aromatic heterocycles. The second-order valence-corrected chi connectivity index (χ2v) is 16.5. The first-order valence-electron chi connectivity index (χ1n) is 17.8. The van der Waals surface area contributed by atoms with Gasteiger partial charge in [0.1, 0.15) is 5.60 Å². The maximum absolute atomic E-state index is 17.1. The van der Waals surface area contributed by atoms with Crippen molar-refractivity contribution in [3.05, 3.63) is 65.4 Å². The quantitative estimate of drug-likeness (QED) is 0.121. The first-order chi connectivity index (χ1) is 25.4. The Morgan fingerprint density at radius 1 is 1.09 bits per heavy atom. The number of fused-ring (bicyclic) bond motifs is 5. The molecule has 1 amide bonds. The number of ether oxygens (including phenoxy) is 2. The molecule has 0 aliphatic carbocycles. The van der Waals surface area contributed by atoms with Crippen LogP contribution in [0, 0.1) is 21.0 Å². The van der Waals surface area contributed by atoms with Crippen LogP contribution < -0.4 is 9.64 Å². The first-order valence-corrected chi connectivity index (χ1v) is 20.1. The molecule has 272 valence electrons. The summed E-state index contributed by atoms with van der Waals surface area (Å²) in [4.78, 5) is 33.1. The Kier molecular flexibility index (Phi) is 9.28. The van der Waals surface area contributed by atoms with Gasteiger partial charge in [-0.15, -0.1) is 0 Å². The summed E-state index contributed by atoms with van der Waals surface area (Å²) >= 11 is 0.311. The Bertz CT molecular complexity index is 2240. The van der Waals surface area contributed by atoms with E-state index in [0.29, 0.717) is 79.4 Å². The van der Waals surface area contributed by atoms with Crippen LogP contribution in [0.2, 0.25) is 0 Å². The summed E-state index contributed by atoms with van der Waals surface area (Å²) in [6.45, 7) is 7.25. The third-order valence-electron chi connectivity index (χ3n) is 10.9. The Labute approximate surface area is 320 Å². The van der Waals surface area contributed by atoms with Gasteiger partial charge < -0.3 is 4.74 Å². The fourth-order valence-electron chi connectivity index (χ4n) is 8.61. The zero-order chi connectivity index (χ0) is 37.2. The molecule has 4 aliphatic heterocycles. The minimum atomic E-state index is -1.66. The second-order valence-electron chi connectivity index (χ2n) is 15.4. The van der Waals surface area contributed by atoms with E-state index in [2.05, 4.69) is 19.4 Å². The molecule has 4 saturated heterocycles. The zero-order valence-corrected chi connectivity index (χ0v) is 34.2. The van der Waals surface area contributed by atoms with E-state index in [1.165, 1.54) is 12.3 Å². The van der Waals surface area contributed by atoms with Crippen LogP contribution in [0.25, 0.3) is 32.9 Å². The molecular weight excluding hydrogens is 881 g/mol. The SMILES string of the molecule is CC(C)(C)OC(=O)N1C2CCC1CN(c1nc(OCC34CCCN3CC(=C(F)F)C4)nc3c(F)c(-c4cccc5ccc(F)c(C#[C][Tl])c45)ncc13)C2. The number of piperazine rings is 1. The molecule has 6 heterocycles. The summed E-state index contributed by atoms with van der Waals surface area (Å²) in [6, 6.07) is 7.86. The molecule has 2 bridgehead atoms. The normalized spacial score (nSPS) is 22.6. The summed E-state index contributed by atoms with van der Waals surface area (Å²) in [5, 5.41) is 1.49. The van der Waals surface area contributed by atoms with Gasteiger partial charge >= 0.3 is 193 Å². The van der Waals surface area contributed by atoms with Gasteiger partial charge in [0.2, 0.25) is 0 Å². The Morgan fingerprint density at radius 2 is 1.87 bits per heavy atom. The van der Waals surface area contributed by atoms with Crippen molar-refractivity contribution < 1.29 is 31.8 Å². The number of carbonyl (C=O) groups is 1. The van der Waals surface area contributed by atoms with Crippen LogP contribution in [0.4, 0.5) is 28.2 Å². The monoisotopic (exact) mass is 918 g/mol. The second kappa shape index (κ2) is 13.7. The van der Waals surface area contributed by atoms with Crippen molar-refractivity contribution in [1.82, 2.24) is 24.8 Å². The molecule has 4 aromatic rings. The van der Waals surface area contributed by atoms with Crippen LogP contribution in [0.5, 0.6) is 6.01 Å². The summed E-state index contributed by atoms with van der Waals surface area (Å²) in [5.41, 5.74) is -0.684. The third kappa shape index (κ3) is 6.49. The van der Waals surface area contributed by atoms with Crippen molar-refractivity contribution in [2.45, 2.75) is 76.1 Å². The number of halogens is 4. The van der Waals surface area contributed by atoms with Gasteiger partial charge in [-0.05, 0) is 59.4 Å². The summed E-state index contributed by atoms with van der Waals surface area (Å²) in [6.07, 6.45) is 2.75. The van der Waals surface area contributed by atoms with E-state index in [9.17, 15) is 13.6 Å². The molecule has 3 unspecified atom stereocenters. The van der Waals surface area contributed by atoms with Gasteiger partial charge in [0, 0.05) is 12.1 Å². The predicted molar refractivity (Wildman–Crippen MR) is 193 cm³/mol. The standard InChI is InChI=1S/C39H37F4N6O3.Tl/c1-5-26-29(40)13-10-22-8-6-9-27(30(22)26)32-31(41)33-28(17-44-32)35(47-19-24-11-12-25(20-47)49(24)37(50)52-38(2,3)4)46-36(45-33)51-21-39-14-7-15-48(39)18-23(16-39)34(42)43;/h6,8-10,13,17,24-25H,7,11-12,14-16,18-21H2,2-4H3;. The maximum atomic E-state index is 17.1. The number of carbonyl (C=O) groups excluding carboxylic acids is 1. The predicted octanol–water partition coefficient (Wildman–Crippen LogP) is 6.96. The molecule has 0 N–H and O–H groups in total. The topological polar surface area (TPSA) is 83.9 Å². The molecule has 0 saturated carbocycles. The third-order valence-corrected chi connectivity index (χ3v) is 11.4. The molecule has 0 spiro atoms. The summed E-state index contributed by atoms with van der Waals surface area (Å²) < 4.78 is 74.6. The fraction of sp³-hybridized carbons (Fsp3) is 0.436. The molecule has 3 atom stereocenters. The van der Waals surface area contributed by atoms with Crippen molar-refractivity contribution in [2.24, 2.45) is 0 Å². The fourth-order valence-corrected chi connectivity index (χ4v) is 9.17. The minimum absolute atomic E-state index is 0.0254. The number of amides is 1. The Morgan fingerprint density at radius 3 is 2.58 bits per heavy atom. The first kappa shape index (κ1) is 36.0. The molecule has 0 radical (unpaired) electrons. The molecule has 4 fully saturated rings. The van der Waals surface area contributed by atoms with Crippen LogP contribution in [-0.4, -0.2) is 113 Å². The average molecular weight is 918 g/mol. The molecule has 8 rings (SSSR count). The molecular formula is C39H37F4N6O3Tl. The number of pyridine rings is 1. The Balaban J connectivity index is 1.22. The van der Waals surface area contributed by atoms with Crippen molar-refractivity contribution in [1.29, 1.82) is 0 Å². The van der Waals surface area contributed by atoms with Crippen LogP contribution >= 0.6 is 0 Å². The van der Waals surface area contributed by atoms with E-state index in [4.69, 9.17) is 14.5 Å². The van der Waals surface area contributed by atoms with Crippen LogP contribution in [0.3, 0.4) is 0 Å². The number of anilines is 1.